The third kappa shape index (κ3) is 4.54. The summed E-state index contributed by atoms with van der Waals surface area (Å²) in [4.78, 5) is 15.2. The van der Waals surface area contributed by atoms with Gasteiger partial charge in [0.25, 0.3) is 5.91 Å². The van der Waals surface area contributed by atoms with Gasteiger partial charge in [0.05, 0.1) is 25.8 Å². The summed E-state index contributed by atoms with van der Waals surface area (Å²) in [7, 11) is 3.13. The monoisotopic (exact) mass is 388 g/mol. The summed E-state index contributed by atoms with van der Waals surface area (Å²) in [5, 5.41) is 3.78. The lowest BCUT2D eigenvalue weighted by molar-refractivity contribution is 0.0935. The molecule has 1 fully saturated rings. The summed E-state index contributed by atoms with van der Waals surface area (Å²) in [6, 6.07) is 13.1. The summed E-state index contributed by atoms with van der Waals surface area (Å²) < 4.78 is 10.5. The number of likely N-dealkylation sites (tertiary alicyclic amines) is 1. The van der Waals surface area contributed by atoms with E-state index in [0.29, 0.717) is 23.6 Å². The molecule has 0 aliphatic carbocycles. The van der Waals surface area contributed by atoms with Gasteiger partial charge < -0.3 is 14.8 Å². The zero-order valence-corrected chi connectivity index (χ0v) is 16.5. The second kappa shape index (κ2) is 9.11. The van der Waals surface area contributed by atoms with Crippen LogP contribution in [0.3, 0.4) is 0 Å². The Bertz CT molecular complexity index is 791. The zero-order chi connectivity index (χ0) is 19.2. The Kier molecular flexibility index (Phi) is 6.58. The van der Waals surface area contributed by atoms with Gasteiger partial charge in [-0.25, -0.2) is 0 Å². The fourth-order valence-corrected chi connectivity index (χ4v) is 3.77. The first-order valence-corrected chi connectivity index (χ1v) is 9.50. The Labute approximate surface area is 165 Å². The van der Waals surface area contributed by atoms with Crippen molar-refractivity contribution in [3.63, 3.8) is 0 Å². The van der Waals surface area contributed by atoms with Crippen molar-refractivity contribution in [2.24, 2.45) is 0 Å². The SMILES string of the molecule is COc1ccc(C(=O)NCC(c2ccccc2Cl)N2CCCC2)c(OC)c1. The molecule has 0 radical (unpaired) electrons. The molecule has 1 aliphatic rings. The smallest absolute Gasteiger partial charge is 0.255 e. The molecule has 1 N–H and O–H groups in total. The summed E-state index contributed by atoms with van der Waals surface area (Å²) in [6.45, 7) is 2.51. The Morgan fingerprint density at radius 2 is 1.89 bits per heavy atom. The minimum absolute atomic E-state index is 0.0504. The lowest BCUT2D eigenvalue weighted by Gasteiger charge is -2.29. The van der Waals surface area contributed by atoms with Crippen LogP contribution in [-0.4, -0.2) is 44.7 Å². The molecule has 0 bridgehead atoms. The Balaban J connectivity index is 1.77. The van der Waals surface area contributed by atoms with E-state index in [-0.39, 0.29) is 11.9 Å². The van der Waals surface area contributed by atoms with Crippen LogP contribution in [0, 0.1) is 0 Å². The molecule has 0 aromatic heterocycles. The third-order valence-corrected chi connectivity index (χ3v) is 5.30. The van der Waals surface area contributed by atoms with Crippen LogP contribution in [-0.2, 0) is 0 Å². The normalized spacial score (nSPS) is 15.4. The van der Waals surface area contributed by atoms with Gasteiger partial charge in [-0.2, -0.15) is 0 Å². The van der Waals surface area contributed by atoms with Gasteiger partial charge in [0.2, 0.25) is 0 Å². The largest absolute Gasteiger partial charge is 0.497 e. The molecule has 3 rings (SSSR count). The standard InChI is InChI=1S/C21H25ClN2O3/c1-26-15-9-10-17(20(13-15)27-2)21(25)23-14-19(24-11-5-6-12-24)16-7-3-4-8-18(16)22/h3-4,7-10,13,19H,5-6,11-12,14H2,1-2H3,(H,23,25). The van der Waals surface area contributed by atoms with Crippen molar-refractivity contribution >= 4 is 17.5 Å². The maximum absolute atomic E-state index is 12.8. The maximum atomic E-state index is 12.8. The van der Waals surface area contributed by atoms with E-state index in [1.54, 1.807) is 32.4 Å². The van der Waals surface area contributed by atoms with Crippen molar-refractivity contribution < 1.29 is 14.3 Å². The fraction of sp³-hybridized carbons (Fsp3) is 0.381. The van der Waals surface area contributed by atoms with Gasteiger partial charge in [-0.1, -0.05) is 29.8 Å². The summed E-state index contributed by atoms with van der Waals surface area (Å²) in [6.07, 6.45) is 2.34. The second-order valence-corrected chi connectivity index (χ2v) is 6.96. The molecule has 6 heteroatoms. The highest BCUT2D eigenvalue weighted by atomic mass is 35.5. The van der Waals surface area contributed by atoms with E-state index in [1.807, 2.05) is 24.3 Å². The third-order valence-electron chi connectivity index (χ3n) is 4.95. The average molecular weight is 389 g/mol. The Morgan fingerprint density at radius 1 is 1.15 bits per heavy atom. The van der Waals surface area contributed by atoms with E-state index in [1.165, 1.54) is 12.8 Å². The number of nitrogens with one attached hydrogen (secondary N) is 1. The number of benzene rings is 2. The molecule has 144 valence electrons. The zero-order valence-electron chi connectivity index (χ0n) is 15.7. The highest BCUT2D eigenvalue weighted by molar-refractivity contribution is 6.31. The van der Waals surface area contributed by atoms with Gasteiger partial charge in [0.1, 0.15) is 11.5 Å². The lowest BCUT2D eigenvalue weighted by Crippen LogP contribution is -2.37. The van der Waals surface area contributed by atoms with Crippen molar-refractivity contribution in [3.05, 3.63) is 58.6 Å². The molecular weight excluding hydrogens is 364 g/mol. The van der Waals surface area contributed by atoms with Crippen molar-refractivity contribution in [2.45, 2.75) is 18.9 Å². The van der Waals surface area contributed by atoms with Crippen molar-refractivity contribution in [2.75, 3.05) is 33.9 Å². The number of halogens is 1. The number of carbonyl (C=O) groups is 1. The van der Waals surface area contributed by atoms with Crippen LogP contribution in [0.25, 0.3) is 0 Å². The lowest BCUT2D eigenvalue weighted by atomic mass is 10.0. The average Bonchev–Trinajstić information content (AvgIpc) is 3.23. The molecule has 2 aromatic carbocycles. The first-order chi connectivity index (χ1) is 13.1. The first-order valence-electron chi connectivity index (χ1n) is 9.12. The number of ether oxygens (including phenoxy) is 2. The summed E-state index contributed by atoms with van der Waals surface area (Å²) >= 11 is 6.44. The predicted molar refractivity (Wildman–Crippen MR) is 107 cm³/mol. The second-order valence-electron chi connectivity index (χ2n) is 6.56. The molecule has 1 saturated heterocycles. The van der Waals surface area contributed by atoms with Crippen LogP contribution in [0.5, 0.6) is 11.5 Å². The van der Waals surface area contributed by atoms with Gasteiger partial charge >= 0.3 is 0 Å². The molecular formula is C21H25ClN2O3. The van der Waals surface area contributed by atoms with Crippen LogP contribution in [0.2, 0.25) is 5.02 Å². The van der Waals surface area contributed by atoms with Gasteiger partial charge in [0, 0.05) is 17.6 Å². The van der Waals surface area contributed by atoms with E-state index < -0.39 is 0 Å². The van der Waals surface area contributed by atoms with Gasteiger partial charge in [-0.15, -0.1) is 0 Å². The van der Waals surface area contributed by atoms with Gasteiger partial charge in [-0.05, 0) is 49.7 Å². The predicted octanol–water partition coefficient (Wildman–Crippen LogP) is 3.92. The van der Waals surface area contributed by atoms with E-state index in [4.69, 9.17) is 21.1 Å². The molecule has 1 aliphatic heterocycles. The van der Waals surface area contributed by atoms with Crippen molar-refractivity contribution in [1.82, 2.24) is 10.2 Å². The molecule has 1 atom stereocenters. The van der Waals surface area contributed by atoms with Crippen LogP contribution in [0.15, 0.2) is 42.5 Å². The van der Waals surface area contributed by atoms with E-state index in [9.17, 15) is 4.79 Å². The van der Waals surface area contributed by atoms with E-state index >= 15 is 0 Å². The number of methoxy groups -OCH3 is 2. The number of hydrogen-bond acceptors (Lipinski definition) is 4. The number of nitrogens with zero attached hydrogens (tertiary/aromatic N) is 1. The number of rotatable bonds is 7. The summed E-state index contributed by atoms with van der Waals surface area (Å²) in [5.74, 6) is 0.961. The number of hydrogen-bond donors (Lipinski definition) is 1. The highest BCUT2D eigenvalue weighted by Crippen LogP contribution is 2.30. The molecule has 27 heavy (non-hydrogen) atoms. The van der Waals surface area contributed by atoms with Crippen molar-refractivity contribution in [3.8, 4) is 11.5 Å². The van der Waals surface area contributed by atoms with Crippen LogP contribution in [0.1, 0.15) is 34.8 Å². The van der Waals surface area contributed by atoms with E-state index in [0.717, 1.165) is 23.7 Å². The minimum atomic E-state index is -0.175. The van der Waals surface area contributed by atoms with Crippen LogP contribution >= 0.6 is 11.6 Å². The minimum Gasteiger partial charge on any atom is -0.497 e. The maximum Gasteiger partial charge on any atom is 0.255 e. The number of carbonyl (C=O) groups excluding carboxylic acids is 1. The highest BCUT2D eigenvalue weighted by Gasteiger charge is 2.26. The Hall–Kier alpha value is -2.24. The quantitative estimate of drug-likeness (QED) is 0.780. The van der Waals surface area contributed by atoms with E-state index in [2.05, 4.69) is 10.2 Å². The molecule has 5 nitrogen and oxygen atoms in total. The van der Waals surface area contributed by atoms with Crippen LogP contribution < -0.4 is 14.8 Å². The van der Waals surface area contributed by atoms with Crippen molar-refractivity contribution in [1.29, 1.82) is 0 Å². The summed E-state index contributed by atoms with van der Waals surface area (Å²) in [5.41, 5.74) is 1.53. The molecule has 0 spiro atoms. The fourth-order valence-electron chi connectivity index (χ4n) is 3.51. The molecule has 1 amide bonds. The topological polar surface area (TPSA) is 50.8 Å². The first kappa shape index (κ1) is 19.5. The number of amides is 1. The van der Waals surface area contributed by atoms with Gasteiger partial charge in [0.15, 0.2) is 0 Å². The molecule has 2 aromatic rings. The molecule has 0 saturated carbocycles. The Morgan fingerprint density at radius 3 is 2.56 bits per heavy atom. The molecule has 1 unspecified atom stereocenters. The van der Waals surface area contributed by atoms with Gasteiger partial charge in [-0.3, -0.25) is 9.69 Å². The molecule has 1 heterocycles. The van der Waals surface area contributed by atoms with Crippen LogP contribution in [0.4, 0.5) is 0 Å².